The summed E-state index contributed by atoms with van der Waals surface area (Å²) in [6, 6.07) is 10.1. The minimum absolute atomic E-state index is 0.0629. The topological polar surface area (TPSA) is 67.9 Å². The lowest BCUT2D eigenvalue weighted by molar-refractivity contribution is -0.129. The Bertz CT molecular complexity index is 927. The normalized spacial score (nSPS) is 10.9. The van der Waals surface area contributed by atoms with E-state index in [1.54, 1.807) is 49.5 Å². The van der Waals surface area contributed by atoms with Gasteiger partial charge in [-0.1, -0.05) is 23.2 Å². The van der Waals surface area contributed by atoms with Crippen LogP contribution in [0.15, 0.2) is 42.5 Å². The van der Waals surface area contributed by atoms with Crippen molar-refractivity contribution in [1.82, 2.24) is 4.90 Å². The second-order valence-corrected chi connectivity index (χ2v) is 7.63. The van der Waals surface area contributed by atoms with Gasteiger partial charge in [-0.25, -0.2) is 0 Å². The number of benzene rings is 2. The van der Waals surface area contributed by atoms with Crippen LogP contribution in [0.2, 0.25) is 10.0 Å². The molecule has 0 heterocycles. The summed E-state index contributed by atoms with van der Waals surface area (Å²) in [5, 5.41) is 3.66. The highest BCUT2D eigenvalue weighted by atomic mass is 35.5. The maximum Gasteiger partial charge on any atom is 0.246 e. The maximum absolute atomic E-state index is 12.4. The molecular weight excluding hydrogens is 427 g/mol. The largest absolute Gasteiger partial charge is 0.493 e. The van der Waals surface area contributed by atoms with Gasteiger partial charge in [0.05, 0.1) is 24.8 Å². The summed E-state index contributed by atoms with van der Waals surface area (Å²) in [5.74, 6) is 0.271. The van der Waals surface area contributed by atoms with E-state index in [9.17, 15) is 9.59 Å². The molecule has 0 aliphatic carbocycles. The summed E-state index contributed by atoms with van der Waals surface area (Å²) in [6.45, 7) is 3.68. The average molecular weight is 451 g/mol. The van der Waals surface area contributed by atoms with Crippen LogP contribution < -0.4 is 14.8 Å². The zero-order chi connectivity index (χ0) is 22.3. The van der Waals surface area contributed by atoms with Crippen LogP contribution in [0.3, 0.4) is 0 Å². The second kappa shape index (κ2) is 10.9. The first-order chi connectivity index (χ1) is 14.2. The number of rotatable bonds is 8. The average Bonchev–Trinajstić information content (AvgIpc) is 2.69. The number of methoxy groups -OCH3 is 1. The summed E-state index contributed by atoms with van der Waals surface area (Å²) < 4.78 is 11.0. The van der Waals surface area contributed by atoms with Crippen molar-refractivity contribution in [2.75, 3.05) is 26.0 Å². The standard InChI is InChI=1S/C22H24Cl2N2O4/c1-14(2)30-22-18(24)11-15(12-19(22)29-4)5-10-21(28)26(3)13-20(27)25-17-8-6-16(23)7-9-17/h5-12,14H,13H2,1-4H3,(H,25,27). The third-order valence-corrected chi connectivity index (χ3v) is 4.44. The lowest BCUT2D eigenvalue weighted by Gasteiger charge is -2.16. The number of nitrogens with one attached hydrogen (secondary N) is 1. The Labute approximate surface area is 186 Å². The van der Waals surface area contributed by atoms with Crippen molar-refractivity contribution in [2.24, 2.45) is 0 Å². The van der Waals surface area contributed by atoms with Gasteiger partial charge in [-0.05, 0) is 61.9 Å². The van der Waals surface area contributed by atoms with Crippen LogP contribution in [0.25, 0.3) is 6.08 Å². The van der Waals surface area contributed by atoms with Crippen molar-refractivity contribution >= 4 is 46.8 Å². The zero-order valence-electron chi connectivity index (χ0n) is 17.2. The first-order valence-electron chi connectivity index (χ1n) is 9.22. The van der Waals surface area contributed by atoms with Crippen molar-refractivity contribution in [3.63, 3.8) is 0 Å². The Kier molecular flexibility index (Phi) is 8.57. The van der Waals surface area contributed by atoms with E-state index in [1.807, 2.05) is 13.8 Å². The molecule has 0 aliphatic heterocycles. The number of ether oxygens (including phenoxy) is 2. The molecule has 0 radical (unpaired) electrons. The molecule has 160 valence electrons. The molecule has 0 fully saturated rings. The van der Waals surface area contributed by atoms with Crippen LogP contribution in [-0.2, 0) is 9.59 Å². The van der Waals surface area contributed by atoms with E-state index in [-0.39, 0.29) is 24.5 Å². The number of anilines is 1. The molecule has 2 aromatic rings. The van der Waals surface area contributed by atoms with E-state index in [1.165, 1.54) is 18.1 Å². The summed E-state index contributed by atoms with van der Waals surface area (Å²) in [4.78, 5) is 25.8. The number of carbonyl (C=O) groups excluding carboxylic acids is 2. The SMILES string of the molecule is COc1cc(C=CC(=O)N(C)CC(=O)Nc2ccc(Cl)cc2)cc(Cl)c1OC(C)C. The molecule has 2 aromatic carbocycles. The number of hydrogen-bond donors (Lipinski definition) is 1. The van der Waals surface area contributed by atoms with Gasteiger partial charge in [0.1, 0.15) is 0 Å². The van der Waals surface area contributed by atoms with Crippen molar-refractivity contribution < 1.29 is 19.1 Å². The number of nitrogens with zero attached hydrogens (tertiary/aromatic N) is 1. The Morgan fingerprint density at radius 1 is 1.17 bits per heavy atom. The highest BCUT2D eigenvalue weighted by molar-refractivity contribution is 6.32. The van der Waals surface area contributed by atoms with E-state index in [2.05, 4.69) is 5.32 Å². The van der Waals surface area contributed by atoms with Crippen molar-refractivity contribution in [2.45, 2.75) is 20.0 Å². The van der Waals surface area contributed by atoms with Crippen molar-refractivity contribution in [3.8, 4) is 11.5 Å². The van der Waals surface area contributed by atoms with Gasteiger partial charge in [0.15, 0.2) is 11.5 Å². The van der Waals surface area contributed by atoms with E-state index < -0.39 is 0 Å². The summed E-state index contributed by atoms with van der Waals surface area (Å²) >= 11 is 12.1. The molecule has 6 nitrogen and oxygen atoms in total. The highest BCUT2D eigenvalue weighted by Gasteiger charge is 2.14. The van der Waals surface area contributed by atoms with Crippen LogP contribution in [0.4, 0.5) is 5.69 Å². The second-order valence-electron chi connectivity index (χ2n) is 6.78. The third kappa shape index (κ3) is 6.97. The van der Waals surface area contributed by atoms with Crippen LogP contribution in [0.5, 0.6) is 11.5 Å². The molecule has 8 heteroatoms. The number of halogens is 2. The lowest BCUT2D eigenvalue weighted by Crippen LogP contribution is -2.33. The summed E-state index contributed by atoms with van der Waals surface area (Å²) in [6.07, 6.45) is 2.90. The van der Waals surface area contributed by atoms with Gasteiger partial charge in [0.2, 0.25) is 11.8 Å². The van der Waals surface area contributed by atoms with Gasteiger partial charge in [0, 0.05) is 23.8 Å². The molecule has 0 spiro atoms. The van der Waals surface area contributed by atoms with Crippen LogP contribution in [-0.4, -0.2) is 43.5 Å². The number of likely N-dealkylation sites (N-methyl/N-ethyl adjacent to an activating group) is 1. The van der Waals surface area contributed by atoms with Gasteiger partial charge < -0.3 is 19.7 Å². The molecule has 2 amide bonds. The molecule has 1 N–H and O–H groups in total. The Balaban J connectivity index is 2.01. The first-order valence-corrected chi connectivity index (χ1v) is 9.98. The minimum Gasteiger partial charge on any atom is -0.493 e. The Morgan fingerprint density at radius 2 is 1.83 bits per heavy atom. The third-order valence-electron chi connectivity index (χ3n) is 3.91. The molecule has 0 aromatic heterocycles. The Hall–Kier alpha value is -2.70. The van der Waals surface area contributed by atoms with Gasteiger partial charge in [0.25, 0.3) is 0 Å². The monoisotopic (exact) mass is 450 g/mol. The smallest absolute Gasteiger partial charge is 0.246 e. The van der Waals surface area contributed by atoms with Crippen molar-refractivity contribution in [1.29, 1.82) is 0 Å². The number of hydrogen-bond acceptors (Lipinski definition) is 4. The highest BCUT2D eigenvalue weighted by Crippen LogP contribution is 2.37. The summed E-state index contributed by atoms with van der Waals surface area (Å²) in [5.41, 5.74) is 1.27. The molecule has 30 heavy (non-hydrogen) atoms. The van der Waals surface area contributed by atoms with Crippen LogP contribution in [0, 0.1) is 0 Å². The molecule has 0 aliphatic rings. The molecule has 0 unspecified atom stereocenters. The molecule has 2 rings (SSSR count). The predicted molar refractivity (Wildman–Crippen MR) is 121 cm³/mol. The lowest BCUT2D eigenvalue weighted by atomic mass is 10.1. The molecule has 0 saturated carbocycles. The quantitative estimate of drug-likeness (QED) is 0.580. The fourth-order valence-corrected chi connectivity index (χ4v) is 2.90. The molecular formula is C22H24Cl2N2O4. The van der Waals surface area contributed by atoms with Gasteiger partial charge in [-0.2, -0.15) is 0 Å². The molecule has 0 bridgehead atoms. The zero-order valence-corrected chi connectivity index (χ0v) is 18.8. The molecule has 0 atom stereocenters. The van der Waals surface area contributed by atoms with E-state index in [4.69, 9.17) is 32.7 Å². The summed E-state index contributed by atoms with van der Waals surface area (Å²) in [7, 11) is 3.06. The van der Waals surface area contributed by atoms with Crippen LogP contribution in [0.1, 0.15) is 19.4 Å². The first kappa shape index (κ1) is 23.6. The number of carbonyl (C=O) groups is 2. The predicted octanol–water partition coefficient (Wildman–Crippen LogP) is 4.90. The van der Waals surface area contributed by atoms with E-state index in [0.717, 1.165) is 0 Å². The fraction of sp³-hybridized carbons (Fsp3) is 0.273. The minimum atomic E-state index is -0.334. The van der Waals surface area contributed by atoms with Gasteiger partial charge in [-0.15, -0.1) is 0 Å². The Morgan fingerprint density at radius 3 is 2.43 bits per heavy atom. The van der Waals surface area contributed by atoms with Crippen molar-refractivity contribution in [3.05, 3.63) is 58.1 Å². The number of amides is 2. The fourth-order valence-electron chi connectivity index (χ4n) is 2.51. The van der Waals surface area contributed by atoms with E-state index >= 15 is 0 Å². The maximum atomic E-state index is 12.4. The van der Waals surface area contributed by atoms with Gasteiger partial charge >= 0.3 is 0 Å². The van der Waals surface area contributed by atoms with Crippen LogP contribution >= 0.6 is 23.2 Å². The van der Waals surface area contributed by atoms with Gasteiger partial charge in [-0.3, -0.25) is 9.59 Å². The van der Waals surface area contributed by atoms with E-state index in [0.29, 0.717) is 32.8 Å². The molecule has 0 saturated heterocycles.